The minimum absolute atomic E-state index is 0.186. The van der Waals surface area contributed by atoms with Crippen molar-refractivity contribution in [2.24, 2.45) is 0 Å². The van der Waals surface area contributed by atoms with Crippen molar-refractivity contribution in [2.45, 2.75) is 51.8 Å². The molecule has 1 fully saturated rings. The summed E-state index contributed by atoms with van der Waals surface area (Å²) in [4.78, 5) is 0. The van der Waals surface area contributed by atoms with E-state index in [1.54, 1.807) is 0 Å². The Hall–Kier alpha value is -0.940. The van der Waals surface area contributed by atoms with E-state index in [1.807, 2.05) is 6.92 Å². The predicted molar refractivity (Wildman–Crippen MR) is 59.0 cm³/mol. The molecule has 0 aromatic carbocycles. The number of hydrogen-bond acceptors (Lipinski definition) is 5. The summed E-state index contributed by atoms with van der Waals surface area (Å²) < 4.78 is 11.1. The first-order chi connectivity index (χ1) is 7.66. The first-order valence-electron chi connectivity index (χ1n) is 5.84. The minimum atomic E-state index is 0.186. The highest BCUT2D eigenvalue weighted by atomic mass is 16.5. The maximum absolute atomic E-state index is 5.62. The molecule has 5 nitrogen and oxygen atoms in total. The second-order valence-electron chi connectivity index (χ2n) is 4.54. The summed E-state index contributed by atoms with van der Waals surface area (Å²) in [5, 5.41) is 11.4. The number of nitrogens with one attached hydrogen (secondary N) is 1. The average molecular weight is 225 g/mol. The summed E-state index contributed by atoms with van der Waals surface area (Å²) in [5.74, 6) is 1.63. The average Bonchev–Trinajstić information content (AvgIpc) is 2.83. The lowest BCUT2D eigenvalue weighted by molar-refractivity contribution is 0.114. The fourth-order valence-corrected chi connectivity index (χ4v) is 1.84. The maximum Gasteiger partial charge on any atom is 0.230 e. The Kier molecular flexibility index (Phi) is 3.56. The molecule has 5 heteroatoms. The molecular formula is C11H19N3O2. The van der Waals surface area contributed by atoms with Gasteiger partial charge in [0.15, 0.2) is 0 Å². The van der Waals surface area contributed by atoms with Crippen LogP contribution < -0.4 is 5.32 Å². The van der Waals surface area contributed by atoms with Gasteiger partial charge in [-0.1, -0.05) is 13.8 Å². The highest BCUT2D eigenvalue weighted by Crippen LogP contribution is 2.29. The van der Waals surface area contributed by atoms with Crippen molar-refractivity contribution in [2.75, 3.05) is 6.61 Å². The molecule has 1 aromatic rings. The molecule has 1 saturated heterocycles. The molecule has 1 aliphatic heterocycles. The normalized spacial score (nSPS) is 25.5. The lowest BCUT2D eigenvalue weighted by Crippen LogP contribution is -2.21. The molecule has 0 bridgehead atoms. The van der Waals surface area contributed by atoms with Gasteiger partial charge >= 0.3 is 0 Å². The fourth-order valence-electron chi connectivity index (χ4n) is 1.84. The van der Waals surface area contributed by atoms with Crippen LogP contribution in [-0.2, 0) is 11.3 Å². The molecule has 2 atom stereocenters. The van der Waals surface area contributed by atoms with Gasteiger partial charge in [0.05, 0.1) is 18.6 Å². The van der Waals surface area contributed by atoms with Gasteiger partial charge in [0.1, 0.15) is 0 Å². The molecule has 1 N–H and O–H groups in total. The van der Waals surface area contributed by atoms with Gasteiger partial charge in [-0.25, -0.2) is 0 Å². The van der Waals surface area contributed by atoms with E-state index >= 15 is 0 Å². The summed E-state index contributed by atoms with van der Waals surface area (Å²) in [5.41, 5.74) is 0. The van der Waals surface area contributed by atoms with Crippen molar-refractivity contribution in [3.63, 3.8) is 0 Å². The van der Waals surface area contributed by atoms with E-state index in [1.165, 1.54) is 0 Å². The van der Waals surface area contributed by atoms with Crippen LogP contribution in [0.4, 0.5) is 0 Å². The van der Waals surface area contributed by atoms with Gasteiger partial charge in [-0.15, -0.1) is 10.2 Å². The molecule has 0 radical (unpaired) electrons. The van der Waals surface area contributed by atoms with Gasteiger partial charge in [-0.2, -0.15) is 0 Å². The standard InChI is InChI=1S/C11H19N3O2/c1-7(2)12-6-10-13-14-11(16-10)9-4-5-15-8(9)3/h7-9,12H,4-6H2,1-3H3. The molecule has 1 aliphatic rings. The third-order valence-electron chi connectivity index (χ3n) is 2.84. The smallest absolute Gasteiger partial charge is 0.230 e. The zero-order valence-corrected chi connectivity index (χ0v) is 10.1. The molecule has 0 aliphatic carbocycles. The summed E-state index contributed by atoms with van der Waals surface area (Å²) in [6.07, 6.45) is 1.16. The van der Waals surface area contributed by atoms with Crippen LogP contribution in [0.5, 0.6) is 0 Å². The van der Waals surface area contributed by atoms with Gasteiger partial charge in [0.25, 0.3) is 0 Å². The maximum atomic E-state index is 5.62. The van der Waals surface area contributed by atoms with Crippen LogP contribution in [0.3, 0.4) is 0 Å². The Morgan fingerprint density at radius 2 is 2.25 bits per heavy atom. The lowest BCUT2D eigenvalue weighted by atomic mass is 10.0. The second kappa shape index (κ2) is 4.93. The summed E-state index contributed by atoms with van der Waals surface area (Å²) in [6.45, 7) is 7.64. The van der Waals surface area contributed by atoms with E-state index < -0.39 is 0 Å². The van der Waals surface area contributed by atoms with Crippen LogP contribution in [0.2, 0.25) is 0 Å². The highest BCUT2D eigenvalue weighted by Gasteiger charge is 2.30. The first-order valence-corrected chi connectivity index (χ1v) is 5.84. The van der Waals surface area contributed by atoms with Gasteiger partial charge in [0, 0.05) is 12.6 Å². The fraction of sp³-hybridized carbons (Fsp3) is 0.818. The van der Waals surface area contributed by atoms with Crippen LogP contribution in [0, 0.1) is 0 Å². The van der Waals surface area contributed by atoms with Crippen molar-refractivity contribution < 1.29 is 9.15 Å². The SMILES string of the molecule is CC(C)NCc1nnc(C2CCOC2C)o1. The van der Waals surface area contributed by atoms with E-state index in [4.69, 9.17) is 9.15 Å². The number of nitrogens with zero attached hydrogens (tertiary/aromatic N) is 2. The van der Waals surface area contributed by atoms with Crippen LogP contribution in [0.15, 0.2) is 4.42 Å². The largest absolute Gasteiger partial charge is 0.423 e. The first kappa shape index (κ1) is 11.5. The lowest BCUT2D eigenvalue weighted by Gasteiger charge is -2.08. The number of rotatable bonds is 4. The summed E-state index contributed by atoms with van der Waals surface area (Å²) in [7, 11) is 0. The molecule has 0 saturated carbocycles. The Morgan fingerprint density at radius 3 is 2.88 bits per heavy atom. The molecule has 1 aromatic heterocycles. The van der Waals surface area contributed by atoms with Crippen molar-refractivity contribution in [3.05, 3.63) is 11.8 Å². The molecule has 0 spiro atoms. The zero-order valence-electron chi connectivity index (χ0n) is 10.1. The van der Waals surface area contributed by atoms with Gasteiger partial charge in [0.2, 0.25) is 11.8 Å². The van der Waals surface area contributed by atoms with E-state index in [-0.39, 0.29) is 12.0 Å². The monoisotopic (exact) mass is 225 g/mol. The molecule has 16 heavy (non-hydrogen) atoms. The van der Waals surface area contributed by atoms with E-state index in [2.05, 4.69) is 29.4 Å². The van der Waals surface area contributed by atoms with E-state index in [0.29, 0.717) is 24.4 Å². The molecule has 0 amide bonds. The summed E-state index contributed by atoms with van der Waals surface area (Å²) >= 11 is 0. The third kappa shape index (κ3) is 2.59. The van der Waals surface area contributed by atoms with E-state index in [9.17, 15) is 0 Å². The zero-order chi connectivity index (χ0) is 11.5. The number of aromatic nitrogens is 2. The van der Waals surface area contributed by atoms with Crippen molar-refractivity contribution in [1.82, 2.24) is 15.5 Å². The third-order valence-corrected chi connectivity index (χ3v) is 2.84. The second-order valence-corrected chi connectivity index (χ2v) is 4.54. The van der Waals surface area contributed by atoms with Crippen LogP contribution >= 0.6 is 0 Å². The predicted octanol–water partition coefficient (Wildman–Crippen LogP) is 1.46. The van der Waals surface area contributed by atoms with Gasteiger partial charge < -0.3 is 14.5 Å². The molecular weight excluding hydrogens is 206 g/mol. The van der Waals surface area contributed by atoms with Crippen molar-refractivity contribution in [3.8, 4) is 0 Å². The van der Waals surface area contributed by atoms with Crippen LogP contribution in [0.1, 0.15) is 44.9 Å². The van der Waals surface area contributed by atoms with Crippen molar-refractivity contribution >= 4 is 0 Å². The van der Waals surface area contributed by atoms with Gasteiger partial charge in [-0.3, -0.25) is 0 Å². The molecule has 2 heterocycles. The Morgan fingerprint density at radius 1 is 1.44 bits per heavy atom. The topological polar surface area (TPSA) is 60.2 Å². The minimum Gasteiger partial charge on any atom is -0.423 e. The summed E-state index contributed by atoms with van der Waals surface area (Å²) in [6, 6.07) is 0.420. The molecule has 90 valence electrons. The van der Waals surface area contributed by atoms with Crippen molar-refractivity contribution in [1.29, 1.82) is 0 Å². The Balaban J connectivity index is 1.96. The Bertz CT molecular complexity index is 338. The Labute approximate surface area is 95.6 Å². The molecule has 2 unspecified atom stereocenters. The number of hydrogen-bond donors (Lipinski definition) is 1. The van der Waals surface area contributed by atoms with E-state index in [0.717, 1.165) is 13.0 Å². The van der Waals surface area contributed by atoms with Gasteiger partial charge in [-0.05, 0) is 13.3 Å². The quantitative estimate of drug-likeness (QED) is 0.840. The number of ether oxygens (including phenoxy) is 1. The molecule has 2 rings (SSSR count). The van der Waals surface area contributed by atoms with Crippen LogP contribution in [-0.4, -0.2) is 29.0 Å². The highest BCUT2D eigenvalue weighted by molar-refractivity contribution is 4.97. The van der Waals surface area contributed by atoms with Crippen LogP contribution in [0.25, 0.3) is 0 Å².